The van der Waals surface area contributed by atoms with Crippen molar-refractivity contribution < 1.29 is 34.0 Å². The molecule has 7 heteroatoms. The summed E-state index contributed by atoms with van der Waals surface area (Å²) in [5.74, 6) is 2.57. The molecule has 172 valence electrons. The van der Waals surface area contributed by atoms with E-state index in [-0.39, 0.29) is 18.5 Å². The highest BCUT2D eigenvalue weighted by atomic mass is 16.5. The van der Waals surface area contributed by atoms with Crippen LogP contribution in [0.15, 0.2) is 28.4 Å². The smallest absolute Gasteiger partial charge is 0.197 e. The lowest BCUT2D eigenvalue weighted by Crippen LogP contribution is -2.34. The predicted molar refractivity (Wildman–Crippen MR) is 118 cm³/mol. The molecule has 32 heavy (non-hydrogen) atoms. The molecule has 1 aromatic heterocycles. The number of ether oxygens (including phenoxy) is 2. The lowest BCUT2D eigenvalue weighted by molar-refractivity contribution is -0.0339. The number of carbonyl (C=O) groups is 1. The van der Waals surface area contributed by atoms with Crippen LogP contribution < -0.4 is 4.74 Å². The molecule has 1 heterocycles. The molecule has 0 aliphatic heterocycles. The van der Waals surface area contributed by atoms with Crippen LogP contribution in [0.1, 0.15) is 72.7 Å². The molecule has 0 radical (unpaired) electrons. The summed E-state index contributed by atoms with van der Waals surface area (Å²) in [5, 5.41) is 28.3. The van der Waals surface area contributed by atoms with E-state index >= 15 is 0 Å². The SMILES string of the molecule is CC(C)OC1=Cc2oc3c(c2CC1)C(=O)c1ccc(OCC(O)C(O)CO)cc1C3(C)C. The van der Waals surface area contributed by atoms with Crippen LogP contribution in [0.3, 0.4) is 0 Å². The molecule has 1 aromatic carbocycles. The summed E-state index contributed by atoms with van der Waals surface area (Å²) < 4.78 is 17.7. The molecule has 2 aliphatic carbocycles. The molecule has 2 atom stereocenters. The third kappa shape index (κ3) is 3.85. The number of fused-ring (bicyclic) bond motifs is 4. The Balaban J connectivity index is 1.68. The fraction of sp³-hybridized carbons (Fsp3) is 0.480. The monoisotopic (exact) mass is 442 g/mol. The van der Waals surface area contributed by atoms with E-state index in [1.165, 1.54) is 0 Å². The van der Waals surface area contributed by atoms with E-state index in [0.29, 0.717) is 34.8 Å². The van der Waals surface area contributed by atoms with Crippen molar-refractivity contribution in [2.24, 2.45) is 0 Å². The van der Waals surface area contributed by atoms with Crippen LogP contribution in [0.5, 0.6) is 5.75 Å². The summed E-state index contributed by atoms with van der Waals surface area (Å²) in [7, 11) is 0. The van der Waals surface area contributed by atoms with E-state index in [4.69, 9.17) is 19.0 Å². The second kappa shape index (κ2) is 8.39. The second-order valence-electron chi connectivity index (χ2n) is 9.22. The zero-order chi connectivity index (χ0) is 23.2. The van der Waals surface area contributed by atoms with Crippen molar-refractivity contribution in [3.8, 4) is 5.75 Å². The van der Waals surface area contributed by atoms with Crippen LogP contribution in [-0.4, -0.2) is 52.6 Å². The Labute approximate surface area is 187 Å². The van der Waals surface area contributed by atoms with E-state index in [1.807, 2.05) is 33.8 Å². The number of allylic oxidation sites excluding steroid dienone is 1. The zero-order valence-electron chi connectivity index (χ0n) is 18.8. The fourth-order valence-electron chi connectivity index (χ4n) is 4.39. The van der Waals surface area contributed by atoms with Crippen LogP contribution in [0, 0.1) is 0 Å². The summed E-state index contributed by atoms with van der Waals surface area (Å²) in [6.45, 7) is 7.25. The van der Waals surface area contributed by atoms with Crippen molar-refractivity contribution in [1.82, 2.24) is 0 Å². The van der Waals surface area contributed by atoms with Gasteiger partial charge in [0.05, 0.1) is 18.3 Å². The molecule has 3 N–H and O–H groups in total. The molecular weight excluding hydrogens is 412 g/mol. The lowest BCUT2D eigenvalue weighted by atomic mass is 9.71. The van der Waals surface area contributed by atoms with Crippen molar-refractivity contribution >= 4 is 11.9 Å². The third-order valence-corrected chi connectivity index (χ3v) is 6.09. The first-order valence-corrected chi connectivity index (χ1v) is 11.0. The molecule has 4 rings (SSSR count). The van der Waals surface area contributed by atoms with Gasteiger partial charge < -0.3 is 29.2 Å². The van der Waals surface area contributed by atoms with Gasteiger partial charge in [0.25, 0.3) is 0 Å². The molecule has 0 fully saturated rings. The molecule has 0 saturated carbocycles. The minimum atomic E-state index is -1.28. The van der Waals surface area contributed by atoms with Gasteiger partial charge in [-0.3, -0.25) is 4.79 Å². The first-order valence-electron chi connectivity index (χ1n) is 11.0. The molecular formula is C25H30O7. The van der Waals surface area contributed by atoms with Gasteiger partial charge in [-0.25, -0.2) is 0 Å². The van der Waals surface area contributed by atoms with Crippen LogP contribution in [0.2, 0.25) is 0 Å². The number of aliphatic hydroxyl groups is 3. The maximum atomic E-state index is 13.4. The summed E-state index contributed by atoms with van der Waals surface area (Å²) in [4.78, 5) is 13.4. The van der Waals surface area contributed by atoms with Gasteiger partial charge in [0.2, 0.25) is 0 Å². The average Bonchev–Trinajstić information content (AvgIpc) is 3.15. The molecule has 0 bridgehead atoms. The molecule has 0 saturated heterocycles. The number of hydrogen-bond donors (Lipinski definition) is 3. The summed E-state index contributed by atoms with van der Waals surface area (Å²) in [5.41, 5.74) is 2.38. The zero-order valence-corrected chi connectivity index (χ0v) is 18.8. The van der Waals surface area contributed by atoms with Gasteiger partial charge in [-0.1, -0.05) is 0 Å². The average molecular weight is 443 g/mol. The standard InChI is InChI=1S/C25H30O7/c1-13(2)31-15-6-8-17-21(10-15)32-24-22(17)23(29)16-7-5-14(9-18(16)25(24,3)4)30-12-20(28)19(27)11-26/h5,7,9-10,13,19-20,26-28H,6,8,11-12H2,1-4H3. The molecule has 0 spiro atoms. The van der Waals surface area contributed by atoms with Crippen molar-refractivity contribution in [3.63, 3.8) is 0 Å². The lowest BCUT2D eigenvalue weighted by Gasteiger charge is -2.31. The first-order chi connectivity index (χ1) is 15.1. The highest BCUT2D eigenvalue weighted by Gasteiger charge is 2.43. The number of furan rings is 1. The first kappa shape index (κ1) is 22.6. The Kier molecular flexibility index (Phi) is 5.92. The van der Waals surface area contributed by atoms with Gasteiger partial charge >= 0.3 is 0 Å². The van der Waals surface area contributed by atoms with E-state index < -0.39 is 24.2 Å². The summed E-state index contributed by atoms with van der Waals surface area (Å²) >= 11 is 0. The number of aliphatic hydroxyl groups excluding tert-OH is 3. The minimum Gasteiger partial charge on any atom is -0.495 e. The molecule has 0 amide bonds. The molecule has 2 aromatic rings. The largest absolute Gasteiger partial charge is 0.495 e. The predicted octanol–water partition coefficient (Wildman–Crippen LogP) is 2.95. The van der Waals surface area contributed by atoms with Crippen molar-refractivity contribution in [3.05, 3.63) is 57.7 Å². The number of ketones is 1. The normalized spacial score (nSPS) is 18.4. The molecule has 7 nitrogen and oxygen atoms in total. The Morgan fingerprint density at radius 3 is 2.59 bits per heavy atom. The number of rotatable bonds is 7. The molecule has 2 aliphatic rings. The van der Waals surface area contributed by atoms with Gasteiger partial charge in [-0.05, 0) is 57.9 Å². The van der Waals surface area contributed by atoms with Crippen LogP contribution >= 0.6 is 0 Å². The van der Waals surface area contributed by atoms with E-state index in [9.17, 15) is 15.0 Å². The van der Waals surface area contributed by atoms with Crippen LogP contribution in [0.4, 0.5) is 0 Å². The Bertz CT molecular complexity index is 1060. The van der Waals surface area contributed by atoms with Crippen molar-refractivity contribution in [2.75, 3.05) is 13.2 Å². The van der Waals surface area contributed by atoms with Gasteiger partial charge in [0.1, 0.15) is 41.8 Å². The number of hydrogen-bond acceptors (Lipinski definition) is 7. The topological polar surface area (TPSA) is 109 Å². The van der Waals surface area contributed by atoms with Gasteiger partial charge in [0, 0.05) is 29.0 Å². The maximum Gasteiger partial charge on any atom is 0.197 e. The third-order valence-electron chi connectivity index (χ3n) is 6.09. The number of benzene rings is 1. The van der Waals surface area contributed by atoms with Crippen molar-refractivity contribution in [1.29, 1.82) is 0 Å². The van der Waals surface area contributed by atoms with Gasteiger partial charge in [-0.2, -0.15) is 0 Å². The Morgan fingerprint density at radius 1 is 1.16 bits per heavy atom. The van der Waals surface area contributed by atoms with E-state index in [1.54, 1.807) is 18.2 Å². The molecule has 2 unspecified atom stereocenters. The van der Waals surface area contributed by atoms with E-state index in [0.717, 1.165) is 23.3 Å². The Hall–Kier alpha value is -2.61. The highest BCUT2D eigenvalue weighted by Crippen LogP contribution is 2.47. The van der Waals surface area contributed by atoms with Gasteiger partial charge in [-0.15, -0.1) is 0 Å². The quantitative estimate of drug-likeness (QED) is 0.605. The van der Waals surface area contributed by atoms with E-state index in [2.05, 4.69) is 0 Å². The number of carbonyl (C=O) groups excluding carboxylic acids is 1. The van der Waals surface area contributed by atoms with Gasteiger partial charge in [0.15, 0.2) is 5.78 Å². The minimum absolute atomic E-state index is 0.0664. The maximum absolute atomic E-state index is 13.4. The second-order valence-corrected chi connectivity index (χ2v) is 9.22. The Morgan fingerprint density at radius 2 is 1.91 bits per heavy atom. The van der Waals surface area contributed by atoms with Crippen molar-refractivity contribution in [2.45, 2.75) is 64.3 Å². The summed E-state index contributed by atoms with van der Waals surface area (Å²) in [6.07, 6.45) is 0.893. The van der Waals surface area contributed by atoms with Crippen LogP contribution in [-0.2, 0) is 16.6 Å². The fourth-order valence-corrected chi connectivity index (χ4v) is 4.39. The van der Waals surface area contributed by atoms with Crippen LogP contribution in [0.25, 0.3) is 6.08 Å². The highest BCUT2D eigenvalue weighted by molar-refractivity contribution is 6.14. The summed E-state index contributed by atoms with van der Waals surface area (Å²) in [6, 6.07) is 5.19.